The van der Waals surface area contributed by atoms with E-state index in [4.69, 9.17) is 4.74 Å². The molecule has 1 aliphatic carbocycles. The fourth-order valence-electron chi connectivity index (χ4n) is 2.61. The van der Waals surface area contributed by atoms with E-state index in [1.165, 1.54) is 7.11 Å². The lowest BCUT2D eigenvalue weighted by Gasteiger charge is -2.33. The molecule has 1 heterocycles. The van der Waals surface area contributed by atoms with E-state index in [9.17, 15) is 13.2 Å². The summed E-state index contributed by atoms with van der Waals surface area (Å²) in [5, 5.41) is 3.29. The summed E-state index contributed by atoms with van der Waals surface area (Å²) in [5.41, 5.74) is 0. The van der Waals surface area contributed by atoms with Crippen LogP contribution in [-0.4, -0.2) is 69.1 Å². The van der Waals surface area contributed by atoms with Gasteiger partial charge in [-0.05, 0) is 26.2 Å². The normalized spacial score (nSPS) is 28.0. The lowest BCUT2D eigenvalue weighted by Crippen LogP contribution is -2.49. The minimum absolute atomic E-state index is 0.0213. The Labute approximate surface area is 120 Å². The Morgan fingerprint density at radius 3 is 2.70 bits per heavy atom. The molecule has 2 aliphatic rings. The maximum atomic E-state index is 11.7. The van der Waals surface area contributed by atoms with Crippen LogP contribution in [-0.2, 0) is 19.4 Å². The molecule has 6 nitrogen and oxygen atoms in total. The van der Waals surface area contributed by atoms with Crippen LogP contribution in [0.4, 0.5) is 0 Å². The van der Waals surface area contributed by atoms with Crippen LogP contribution in [0.1, 0.15) is 26.2 Å². The van der Waals surface area contributed by atoms with Crippen LogP contribution in [0.15, 0.2) is 0 Å². The average Bonchev–Trinajstić information content (AvgIpc) is 3.18. The lowest BCUT2D eigenvalue weighted by molar-refractivity contribution is -0.143. The van der Waals surface area contributed by atoms with Crippen LogP contribution < -0.4 is 5.32 Å². The number of methoxy groups -OCH3 is 1. The van der Waals surface area contributed by atoms with Crippen molar-refractivity contribution in [1.29, 1.82) is 0 Å². The molecular weight excluding hydrogens is 280 g/mol. The zero-order valence-corrected chi connectivity index (χ0v) is 13.0. The van der Waals surface area contributed by atoms with Crippen LogP contribution in [0.5, 0.6) is 0 Å². The fourth-order valence-corrected chi connectivity index (χ4v) is 4.23. The number of hydrogen-bond donors (Lipinski definition) is 1. The van der Waals surface area contributed by atoms with E-state index in [1.807, 2.05) is 6.92 Å². The standard InChI is InChI=1S/C13H24N2O4S/c1-10-9-20(17,18)8-7-15(10)6-5-12(13(16)19-2)14-11-3-4-11/h10-12,14H,3-9H2,1-2H3. The third-order valence-corrected chi connectivity index (χ3v) is 5.81. The summed E-state index contributed by atoms with van der Waals surface area (Å²) in [6.45, 7) is 3.20. The van der Waals surface area contributed by atoms with Gasteiger partial charge in [0.25, 0.3) is 0 Å². The topological polar surface area (TPSA) is 75.7 Å². The Balaban J connectivity index is 1.83. The van der Waals surface area contributed by atoms with Gasteiger partial charge in [-0.3, -0.25) is 9.69 Å². The molecule has 1 saturated carbocycles. The first-order valence-electron chi connectivity index (χ1n) is 7.19. The number of ether oxygens (including phenoxy) is 1. The number of nitrogens with zero attached hydrogens (tertiary/aromatic N) is 1. The Kier molecular flexibility index (Phi) is 5.04. The van der Waals surface area contributed by atoms with Crippen molar-refractivity contribution in [2.45, 2.75) is 44.3 Å². The Bertz CT molecular complexity index is 447. The average molecular weight is 304 g/mol. The molecule has 2 atom stereocenters. The number of hydrogen-bond acceptors (Lipinski definition) is 6. The molecule has 0 aromatic heterocycles. The number of carbonyl (C=O) groups excluding carboxylic acids is 1. The predicted molar refractivity (Wildman–Crippen MR) is 76.3 cm³/mol. The van der Waals surface area contributed by atoms with Crippen molar-refractivity contribution in [2.75, 3.05) is 31.7 Å². The summed E-state index contributed by atoms with van der Waals surface area (Å²) in [6, 6.07) is 0.185. The highest BCUT2D eigenvalue weighted by Crippen LogP contribution is 2.20. The van der Waals surface area contributed by atoms with Gasteiger partial charge >= 0.3 is 5.97 Å². The van der Waals surface area contributed by atoms with Gasteiger partial charge in [-0.25, -0.2) is 8.42 Å². The molecule has 0 amide bonds. The second kappa shape index (κ2) is 6.41. The van der Waals surface area contributed by atoms with Crippen molar-refractivity contribution in [3.63, 3.8) is 0 Å². The second-order valence-corrected chi connectivity index (χ2v) is 8.03. The highest BCUT2D eigenvalue weighted by molar-refractivity contribution is 7.91. The van der Waals surface area contributed by atoms with Gasteiger partial charge in [-0.1, -0.05) is 0 Å². The smallest absolute Gasteiger partial charge is 0.322 e. The van der Waals surface area contributed by atoms with Crippen molar-refractivity contribution >= 4 is 15.8 Å². The summed E-state index contributed by atoms with van der Waals surface area (Å²) >= 11 is 0. The van der Waals surface area contributed by atoms with E-state index in [0.29, 0.717) is 19.0 Å². The first-order chi connectivity index (χ1) is 9.41. The van der Waals surface area contributed by atoms with Crippen LogP contribution in [0.2, 0.25) is 0 Å². The molecule has 1 N–H and O–H groups in total. The SMILES string of the molecule is COC(=O)C(CCN1CCS(=O)(=O)CC1C)NC1CC1. The Morgan fingerprint density at radius 1 is 1.45 bits per heavy atom. The molecule has 2 rings (SSSR count). The van der Waals surface area contributed by atoms with E-state index in [-0.39, 0.29) is 29.6 Å². The molecule has 116 valence electrons. The number of rotatable bonds is 6. The van der Waals surface area contributed by atoms with E-state index in [0.717, 1.165) is 19.4 Å². The van der Waals surface area contributed by atoms with E-state index in [2.05, 4.69) is 10.2 Å². The highest BCUT2D eigenvalue weighted by Gasteiger charge is 2.31. The zero-order chi connectivity index (χ0) is 14.8. The van der Waals surface area contributed by atoms with Crippen LogP contribution in [0.3, 0.4) is 0 Å². The molecule has 7 heteroatoms. The molecule has 0 radical (unpaired) electrons. The molecular formula is C13H24N2O4S. The molecule has 0 aromatic carbocycles. The quantitative estimate of drug-likeness (QED) is 0.684. The van der Waals surface area contributed by atoms with Crippen molar-refractivity contribution in [3.8, 4) is 0 Å². The summed E-state index contributed by atoms with van der Waals surface area (Å²) in [4.78, 5) is 13.9. The minimum Gasteiger partial charge on any atom is -0.468 e. The third kappa shape index (κ3) is 4.43. The van der Waals surface area contributed by atoms with Gasteiger partial charge in [0.2, 0.25) is 0 Å². The molecule has 2 unspecified atom stereocenters. The van der Waals surface area contributed by atoms with Gasteiger partial charge in [0.05, 0.1) is 18.6 Å². The van der Waals surface area contributed by atoms with Gasteiger partial charge in [-0.2, -0.15) is 0 Å². The van der Waals surface area contributed by atoms with Gasteiger partial charge in [0.1, 0.15) is 6.04 Å². The van der Waals surface area contributed by atoms with Crippen LogP contribution in [0, 0.1) is 0 Å². The van der Waals surface area contributed by atoms with Crippen molar-refractivity contribution < 1.29 is 17.9 Å². The van der Waals surface area contributed by atoms with Gasteiger partial charge < -0.3 is 10.1 Å². The number of nitrogens with one attached hydrogen (secondary N) is 1. The molecule has 0 aromatic rings. The van der Waals surface area contributed by atoms with E-state index >= 15 is 0 Å². The predicted octanol–water partition coefficient (Wildman–Crippen LogP) is -0.211. The first kappa shape index (κ1) is 15.7. The molecule has 1 saturated heterocycles. The Hall–Kier alpha value is -0.660. The van der Waals surface area contributed by atoms with Crippen LogP contribution in [0.25, 0.3) is 0 Å². The maximum absolute atomic E-state index is 11.7. The summed E-state index contributed by atoms with van der Waals surface area (Å²) in [5.74, 6) is 0.205. The van der Waals surface area contributed by atoms with Crippen molar-refractivity contribution in [2.24, 2.45) is 0 Å². The molecule has 0 bridgehead atoms. The molecule has 20 heavy (non-hydrogen) atoms. The maximum Gasteiger partial charge on any atom is 0.322 e. The van der Waals surface area contributed by atoms with Gasteiger partial charge in [0, 0.05) is 25.2 Å². The monoisotopic (exact) mass is 304 g/mol. The minimum atomic E-state index is -2.88. The Morgan fingerprint density at radius 2 is 2.15 bits per heavy atom. The zero-order valence-electron chi connectivity index (χ0n) is 12.2. The van der Waals surface area contributed by atoms with Gasteiger partial charge in [0.15, 0.2) is 9.84 Å². The molecule has 1 aliphatic heterocycles. The van der Waals surface area contributed by atoms with E-state index < -0.39 is 9.84 Å². The first-order valence-corrected chi connectivity index (χ1v) is 9.02. The number of esters is 1. The largest absolute Gasteiger partial charge is 0.468 e. The highest BCUT2D eigenvalue weighted by atomic mass is 32.2. The summed E-state index contributed by atoms with van der Waals surface area (Å²) < 4.78 is 27.9. The fraction of sp³-hybridized carbons (Fsp3) is 0.923. The lowest BCUT2D eigenvalue weighted by atomic mass is 10.1. The molecule has 0 spiro atoms. The van der Waals surface area contributed by atoms with Crippen molar-refractivity contribution in [1.82, 2.24) is 10.2 Å². The number of carbonyl (C=O) groups is 1. The third-order valence-electron chi connectivity index (χ3n) is 4.01. The van der Waals surface area contributed by atoms with E-state index in [1.54, 1.807) is 0 Å². The molecule has 2 fully saturated rings. The second-order valence-electron chi connectivity index (χ2n) is 5.80. The van der Waals surface area contributed by atoms with Crippen LogP contribution >= 0.6 is 0 Å². The summed E-state index contributed by atoms with van der Waals surface area (Å²) in [6.07, 6.45) is 2.89. The summed E-state index contributed by atoms with van der Waals surface area (Å²) in [7, 11) is -1.48. The van der Waals surface area contributed by atoms with Crippen molar-refractivity contribution in [3.05, 3.63) is 0 Å². The van der Waals surface area contributed by atoms with Gasteiger partial charge in [-0.15, -0.1) is 0 Å². The number of sulfone groups is 1.